The van der Waals surface area contributed by atoms with Crippen molar-refractivity contribution in [1.82, 2.24) is 9.97 Å². The van der Waals surface area contributed by atoms with E-state index < -0.39 is 46.9 Å². The Bertz CT molecular complexity index is 1090. The minimum atomic E-state index is -3.67. The molecule has 1 aromatic carbocycles. The number of rotatable bonds is 10. The molecule has 0 bridgehead atoms. The van der Waals surface area contributed by atoms with Crippen molar-refractivity contribution in [3.63, 3.8) is 0 Å². The number of aromatic nitrogens is 2. The molecule has 1 heterocycles. The van der Waals surface area contributed by atoms with Gasteiger partial charge in [-0.1, -0.05) is 26.0 Å². The molecule has 174 valence electrons. The van der Waals surface area contributed by atoms with E-state index >= 15 is 0 Å². The van der Waals surface area contributed by atoms with E-state index in [1.807, 2.05) is 13.8 Å². The molecule has 32 heavy (non-hydrogen) atoms. The number of hydrogen-bond donors (Lipinski definition) is 3. The van der Waals surface area contributed by atoms with Crippen molar-refractivity contribution in [3.05, 3.63) is 47.4 Å². The summed E-state index contributed by atoms with van der Waals surface area (Å²) in [5.41, 5.74) is 1.62. The van der Waals surface area contributed by atoms with Gasteiger partial charge in [0.2, 0.25) is 16.0 Å². The Morgan fingerprint density at radius 2 is 1.84 bits per heavy atom. The van der Waals surface area contributed by atoms with Crippen LogP contribution in [0.25, 0.3) is 17.3 Å². The zero-order valence-corrected chi connectivity index (χ0v) is 18.6. The molecule has 3 N–H and O–H groups in total. The molecule has 0 aliphatic rings. The molecule has 11 heteroatoms. The first-order valence-corrected chi connectivity index (χ1v) is 11.6. The third kappa shape index (κ3) is 7.65. The second kappa shape index (κ2) is 10.6. The van der Waals surface area contributed by atoms with Crippen LogP contribution in [0.1, 0.15) is 43.9 Å². The monoisotopic (exact) mass is 469 g/mol. The molecule has 0 amide bonds. The summed E-state index contributed by atoms with van der Waals surface area (Å²) in [7, 11) is -3.67. The van der Waals surface area contributed by atoms with Gasteiger partial charge in [0, 0.05) is 17.5 Å². The molecule has 2 aromatic rings. The maximum atomic E-state index is 13.7. The van der Waals surface area contributed by atoms with Crippen LogP contribution in [0.3, 0.4) is 0 Å². The van der Waals surface area contributed by atoms with Crippen LogP contribution >= 0.6 is 0 Å². The summed E-state index contributed by atoms with van der Waals surface area (Å²) in [5.74, 6) is -2.15. The van der Waals surface area contributed by atoms with Crippen LogP contribution in [-0.2, 0) is 14.8 Å². The van der Waals surface area contributed by atoms with E-state index in [-0.39, 0.29) is 17.6 Å². The lowest BCUT2D eigenvalue weighted by molar-refractivity contribution is -0.138. The van der Waals surface area contributed by atoms with E-state index in [0.29, 0.717) is 16.8 Å². The van der Waals surface area contributed by atoms with Gasteiger partial charge in [-0.2, -0.15) is 0 Å². The third-order valence-electron chi connectivity index (χ3n) is 4.29. The van der Waals surface area contributed by atoms with Crippen molar-refractivity contribution in [3.8, 4) is 11.3 Å². The molecule has 2 atom stereocenters. The first-order valence-electron chi connectivity index (χ1n) is 9.73. The van der Waals surface area contributed by atoms with Crippen molar-refractivity contribution in [1.29, 1.82) is 0 Å². The number of aliphatic carboxylic acids is 1. The number of hydrogen-bond acceptors (Lipinski definition) is 6. The maximum Gasteiger partial charge on any atom is 0.306 e. The maximum absolute atomic E-state index is 13.7. The molecule has 0 saturated heterocycles. The lowest BCUT2D eigenvalue weighted by Gasteiger charge is -2.16. The average molecular weight is 470 g/mol. The topological polar surface area (TPSA) is 129 Å². The molecule has 2 rings (SSSR count). The molecular formula is C21H25F2N3O5S. The van der Waals surface area contributed by atoms with E-state index in [1.54, 1.807) is 0 Å². The van der Waals surface area contributed by atoms with Crippen LogP contribution in [0.2, 0.25) is 0 Å². The molecule has 0 saturated carbocycles. The van der Waals surface area contributed by atoms with Gasteiger partial charge in [-0.3, -0.25) is 9.52 Å². The number of benzene rings is 1. The van der Waals surface area contributed by atoms with Gasteiger partial charge in [0.15, 0.2) is 0 Å². The molecule has 0 fully saturated rings. The predicted molar refractivity (Wildman–Crippen MR) is 117 cm³/mol. The largest absolute Gasteiger partial charge is 0.481 e. The molecule has 8 nitrogen and oxygen atoms in total. The Kier molecular flexibility index (Phi) is 8.39. The van der Waals surface area contributed by atoms with Crippen molar-refractivity contribution in [2.75, 3.05) is 11.0 Å². The van der Waals surface area contributed by atoms with E-state index in [9.17, 15) is 27.1 Å². The molecule has 0 radical (unpaired) electrons. The number of carboxylic acids is 1. The number of sulfonamides is 1. The van der Waals surface area contributed by atoms with E-state index in [4.69, 9.17) is 5.11 Å². The Labute approximate surface area is 185 Å². The van der Waals surface area contributed by atoms with Gasteiger partial charge in [-0.05, 0) is 30.2 Å². The summed E-state index contributed by atoms with van der Waals surface area (Å²) >= 11 is 0. The quantitative estimate of drug-likeness (QED) is 0.486. The second-order valence-electron chi connectivity index (χ2n) is 7.59. The number of nitrogens with one attached hydrogen (secondary N) is 1. The van der Waals surface area contributed by atoms with Gasteiger partial charge in [-0.25, -0.2) is 27.2 Å². The van der Waals surface area contributed by atoms with Gasteiger partial charge in [0.05, 0.1) is 30.2 Å². The Hall–Kier alpha value is -2.92. The van der Waals surface area contributed by atoms with E-state index in [0.717, 1.165) is 6.26 Å². The van der Waals surface area contributed by atoms with Crippen LogP contribution in [0, 0.1) is 5.82 Å². The zero-order valence-electron chi connectivity index (χ0n) is 17.8. The van der Waals surface area contributed by atoms with Crippen molar-refractivity contribution in [2.24, 2.45) is 0 Å². The number of nitrogens with zero attached hydrogens (tertiary/aromatic N) is 2. The average Bonchev–Trinajstić information content (AvgIpc) is 2.64. The van der Waals surface area contributed by atoms with Gasteiger partial charge in [0.25, 0.3) is 0 Å². The first kappa shape index (κ1) is 25.3. The SMILES string of the molecule is CC(C)c1nc(NS(C)(=O)=O)nc(-c2ccc(F)cc2)c1/C=C/[C@H](O)C[C@H](F)CC(=O)O. The summed E-state index contributed by atoms with van der Waals surface area (Å²) in [4.78, 5) is 19.2. The van der Waals surface area contributed by atoms with Crippen molar-refractivity contribution >= 4 is 28.0 Å². The highest BCUT2D eigenvalue weighted by atomic mass is 32.2. The summed E-state index contributed by atoms with van der Waals surface area (Å²) in [5, 5.41) is 18.8. The number of halogens is 2. The van der Waals surface area contributed by atoms with Gasteiger partial charge in [-0.15, -0.1) is 0 Å². The highest BCUT2D eigenvalue weighted by Gasteiger charge is 2.20. The molecule has 0 spiro atoms. The van der Waals surface area contributed by atoms with Crippen LogP contribution in [0.5, 0.6) is 0 Å². The standard InChI is InChI=1S/C21H25F2N3O5S/c1-12(2)19-17(9-8-16(27)10-15(23)11-18(28)29)20(13-4-6-14(22)7-5-13)25-21(24-19)26-32(3,30)31/h4-9,12,15-16,27H,10-11H2,1-3H3,(H,28,29)(H,24,25,26)/b9-8+/t15-,16-/m0/s1. The van der Waals surface area contributed by atoms with Gasteiger partial charge in [0.1, 0.15) is 12.0 Å². The van der Waals surface area contributed by atoms with Crippen LogP contribution in [0.4, 0.5) is 14.7 Å². The molecule has 0 aliphatic heterocycles. The summed E-state index contributed by atoms with van der Waals surface area (Å²) in [6.07, 6.45) is -0.438. The zero-order chi connectivity index (χ0) is 24.1. The lowest BCUT2D eigenvalue weighted by Crippen LogP contribution is -2.16. The molecular weight excluding hydrogens is 444 g/mol. The number of carboxylic acid groups (broad SMARTS) is 1. The van der Waals surface area contributed by atoms with Gasteiger partial charge >= 0.3 is 5.97 Å². The highest BCUT2D eigenvalue weighted by Crippen LogP contribution is 2.31. The Morgan fingerprint density at radius 1 is 1.22 bits per heavy atom. The molecule has 0 aliphatic carbocycles. The van der Waals surface area contributed by atoms with E-state index in [2.05, 4.69) is 14.7 Å². The number of aliphatic hydroxyl groups excluding tert-OH is 1. The van der Waals surface area contributed by atoms with Crippen LogP contribution < -0.4 is 4.72 Å². The molecule has 0 unspecified atom stereocenters. The van der Waals surface area contributed by atoms with Crippen LogP contribution in [-0.4, -0.2) is 53.1 Å². The number of anilines is 1. The number of aliphatic hydroxyl groups is 1. The smallest absolute Gasteiger partial charge is 0.306 e. The molecule has 1 aromatic heterocycles. The van der Waals surface area contributed by atoms with E-state index in [1.165, 1.54) is 36.4 Å². The minimum absolute atomic E-state index is 0.168. The number of carbonyl (C=O) groups is 1. The van der Waals surface area contributed by atoms with Crippen molar-refractivity contribution < 1.29 is 32.2 Å². The third-order valence-corrected chi connectivity index (χ3v) is 4.85. The fourth-order valence-corrected chi connectivity index (χ4v) is 3.37. The normalized spacial score (nSPS) is 14.0. The first-order chi connectivity index (χ1) is 14.9. The van der Waals surface area contributed by atoms with Crippen molar-refractivity contribution in [2.45, 2.75) is 44.9 Å². The second-order valence-corrected chi connectivity index (χ2v) is 9.34. The predicted octanol–water partition coefficient (Wildman–Crippen LogP) is 3.35. The van der Waals surface area contributed by atoms with Gasteiger partial charge < -0.3 is 10.2 Å². The fourth-order valence-electron chi connectivity index (χ4n) is 2.95. The summed E-state index contributed by atoms with van der Waals surface area (Å²) in [6, 6.07) is 5.37. The lowest BCUT2D eigenvalue weighted by atomic mass is 9.97. The minimum Gasteiger partial charge on any atom is -0.481 e. The summed E-state index contributed by atoms with van der Waals surface area (Å²) in [6.45, 7) is 3.64. The number of alkyl halides is 1. The van der Waals surface area contributed by atoms with Crippen LogP contribution in [0.15, 0.2) is 30.3 Å². The summed E-state index contributed by atoms with van der Waals surface area (Å²) < 4.78 is 52.8. The highest BCUT2D eigenvalue weighted by molar-refractivity contribution is 7.91. The Balaban J connectivity index is 2.55. The fraction of sp³-hybridized carbons (Fsp3) is 0.381. The Morgan fingerprint density at radius 3 is 2.38 bits per heavy atom.